The van der Waals surface area contributed by atoms with Crippen molar-refractivity contribution in [3.8, 4) is 45.5 Å². The Hall–Kier alpha value is -8.39. The molecule has 0 amide bonds. The minimum Gasteiger partial charge on any atom is -0.453 e. The standard InChI is InChI=1S/C57H33N5OS/c1-3-15-34(16-4-1)55-58-56(35-17-5-2-6-18-35)60-57(59-55)44-24-13-22-41-42-23-14-27-49(53(42)63-52(41)44)62-47-26-11-8-20-38(47)45-33-36(29-32-48(45)62)61-46-25-10-7-19-37(46)40-30-31-43-39-21-9-12-28-50(39)64-54(43)51(40)61/h1-33H. The average molecular weight is 836 g/mol. The van der Waals surface area contributed by atoms with Crippen molar-refractivity contribution in [2.24, 2.45) is 0 Å². The Morgan fingerprint density at radius 3 is 1.69 bits per heavy atom. The number of fused-ring (bicyclic) bond motifs is 13. The molecule has 0 radical (unpaired) electrons. The predicted molar refractivity (Wildman–Crippen MR) is 265 cm³/mol. The SMILES string of the molecule is c1ccc(-c2nc(-c3ccccc3)nc(-c3cccc4c3oc3c(-n5c6ccccc6c6cc(-n7c8ccccc8c8ccc9c%10ccccc%10sc9c87)ccc65)cccc34)n2)cc1. The van der Waals surface area contributed by atoms with E-state index in [9.17, 15) is 0 Å². The van der Waals surface area contributed by atoms with Crippen LogP contribution < -0.4 is 0 Å². The van der Waals surface area contributed by atoms with Gasteiger partial charge in [-0.2, -0.15) is 0 Å². The van der Waals surface area contributed by atoms with E-state index in [-0.39, 0.29) is 0 Å². The van der Waals surface area contributed by atoms with E-state index >= 15 is 0 Å². The van der Waals surface area contributed by atoms with Gasteiger partial charge >= 0.3 is 0 Å². The van der Waals surface area contributed by atoms with Gasteiger partial charge in [-0.3, -0.25) is 0 Å². The van der Waals surface area contributed by atoms with Crippen LogP contribution in [-0.2, 0) is 0 Å². The average Bonchev–Trinajstić information content (AvgIpc) is 4.12. The summed E-state index contributed by atoms with van der Waals surface area (Å²) in [5, 5.41) is 9.47. The van der Waals surface area contributed by atoms with Gasteiger partial charge < -0.3 is 13.6 Å². The molecule has 64 heavy (non-hydrogen) atoms. The minimum absolute atomic E-state index is 0.557. The maximum Gasteiger partial charge on any atom is 0.167 e. The first-order chi connectivity index (χ1) is 31.7. The van der Waals surface area contributed by atoms with E-state index in [0.29, 0.717) is 17.5 Å². The summed E-state index contributed by atoms with van der Waals surface area (Å²) in [5.74, 6) is 1.77. The van der Waals surface area contributed by atoms with E-state index in [4.69, 9.17) is 19.4 Å². The molecule has 9 aromatic carbocycles. The number of nitrogens with zero attached hydrogens (tertiary/aromatic N) is 5. The first-order valence-corrected chi connectivity index (χ1v) is 22.3. The van der Waals surface area contributed by atoms with Gasteiger partial charge in [0.2, 0.25) is 0 Å². The number of furan rings is 1. The van der Waals surface area contributed by atoms with Crippen LogP contribution in [0.4, 0.5) is 0 Å². The maximum absolute atomic E-state index is 7.10. The maximum atomic E-state index is 7.10. The van der Waals surface area contributed by atoms with Gasteiger partial charge in [-0.05, 0) is 48.5 Å². The Kier molecular flexibility index (Phi) is 7.46. The second-order valence-electron chi connectivity index (χ2n) is 16.3. The highest BCUT2D eigenvalue weighted by Gasteiger charge is 2.23. The topological polar surface area (TPSA) is 61.7 Å². The summed E-state index contributed by atoms with van der Waals surface area (Å²) in [6.07, 6.45) is 0. The number of para-hydroxylation sites is 4. The van der Waals surface area contributed by atoms with Crippen molar-refractivity contribution < 1.29 is 4.42 Å². The summed E-state index contributed by atoms with van der Waals surface area (Å²) >= 11 is 1.88. The van der Waals surface area contributed by atoms with Crippen molar-refractivity contribution in [2.75, 3.05) is 0 Å². The number of aromatic nitrogens is 5. The summed E-state index contributed by atoms with van der Waals surface area (Å²) in [6.45, 7) is 0. The third kappa shape index (κ3) is 5.10. The lowest BCUT2D eigenvalue weighted by molar-refractivity contribution is 0.667. The van der Waals surface area contributed by atoms with Gasteiger partial charge in [0, 0.05) is 64.6 Å². The van der Waals surface area contributed by atoms with E-state index in [1.807, 2.05) is 78.1 Å². The number of thiophene rings is 1. The van der Waals surface area contributed by atoms with Crippen LogP contribution in [0, 0.1) is 0 Å². The molecular formula is C57H33N5OS. The van der Waals surface area contributed by atoms with Crippen LogP contribution in [-0.4, -0.2) is 24.1 Å². The lowest BCUT2D eigenvalue weighted by Crippen LogP contribution is -2.00. The highest BCUT2D eigenvalue weighted by molar-refractivity contribution is 7.26. The molecule has 5 heterocycles. The van der Waals surface area contributed by atoms with Gasteiger partial charge in [0.05, 0.1) is 38.0 Å². The molecule has 0 N–H and O–H groups in total. The van der Waals surface area contributed by atoms with Crippen molar-refractivity contribution in [2.45, 2.75) is 0 Å². The fourth-order valence-electron chi connectivity index (χ4n) is 9.95. The lowest BCUT2D eigenvalue weighted by atomic mass is 10.1. The van der Waals surface area contributed by atoms with Crippen molar-refractivity contribution >= 4 is 97.1 Å². The molecule has 14 aromatic rings. The molecule has 7 heteroatoms. The minimum atomic E-state index is 0.557. The zero-order valence-corrected chi connectivity index (χ0v) is 34.9. The number of hydrogen-bond acceptors (Lipinski definition) is 5. The molecule has 14 rings (SSSR count). The zero-order valence-electron chi connectivity index (χ0n) is 34.1. The van der Waals surface area contributed by atoms with Crippen molar-refractivity contribution in [3.63, 3.8) is 0 Å². The second kappa shape index (κ2) is 13.6. The van der Waals surface area contributed by atoms with Gasteiger partial charge in [0.15, 0.2) is 23.1 Å². The van der Waals surface area contributed by atoms with Crippen LogP contribution in [0.1, 0.15) is 0 Å². The second-order valence-corrected chi connectivity index (χ2v) is 17.4. The molecule has 0 aliphatic carbocycles. The molecule has 298 valence electrons. The molecule has 0 saturated heterocycles. The van der Waals surface area contributed by atoms with Gasteiger partial charge in [-0.25, -0.2) is 15.0 Å². The number of benzene rings is 9. The summed E-state index contributed by atoms with van der Waals surface area (Å²) in [5.41, 5.74) is 10.9. The van der Waals surface area contributed by atoms with E-state index in [1.54, 1.807) is 0 Å². The van der Waals surface area contributed by atoms with Gasteiger partial charge in [0.25, 0.3) is 0 Å². The van der Waals surface area contributed by atoms with E-state index < -0.39 is 0 Å². The van der Waals surface area contributed by atoms with Crippen LogP contribution in [0.15, 0.2) is 205 Å². The molecule has 0 fully saturated rings. The van der Waals surface area contributed by atoms with Crippen LogP contribution in [0.2, 0.25) is 0 Å². The fourth-order valence-corrected chi connectivity index (χ4v) is 11.2. The van der Waals surface area contributed by atoms with Crippen molar-refractivity contribution in [1.82, 2.24) is 24.1 Å². The highest BCUT2D eigenvalue weighted by atomic mass is 32.1. The van der Waals surface area contributed by atoms with Gasteiger partial charge in [-0.15, -0.1) is 11.3 Å². The lowest BCUT2D eigenvalue weighted by Gasteiger charge is -2.11. The van der Waals surface area contributed by atoms with Crippen LogP contribution in [0.25, 0.3) is 131 Å². The first-order valence-electron chi connectivity index (χ1n) is 21.4. The Labute approximate surface area is 369 Å². The molecule has 0 aliphatic heterocycles. The normalized spacial score (nSPS) is 12.1. The molecular weight excluding hydrogens is 803 g/mol. The Balaban J connectivity index is 0.989. The largest absolute Gasteiger partial charge is 0.453 e. The highest BCUT2D eigenvalue weighted by Crippen LogP contribution is 2.45. The quantitative estimate of drug-likeness (QED) is 0.173. The van der Waals surface area contributed by atoms with E-state index in [1.165, 1.54) is 52.8 Å². The smallest absolute Gasteiger partial charge is 0.167 e. The molecule has 0 unspecified atom stereocenters. The van der Waals surface area contributed by atoms with Gasteiger partial charge in [-0.1, -0.05) is 152 Å². The predicted octanol–water partition coefficient (Wildman–Crippen LogP) is 15.3. The monoisotopic (exact) mass is 835 g/mol. The zero-order chi connectivity index (χ0) is 41.9. The van der Waals surface area contributed by atoms with Crippen LogP contribution in [0.3, 0.4) is 0 Å². The number of rotatable bonds is 5. The molecule has 0 bridgehead atoms. The molecule has 6 nitrogen and oxygen atoms in total. The van der Waals surface area contributed by atoms with Crippen molar-refractivity contribution in [3.05, 3.63) is 200 Å². The van der Waals surface area contributed by atoms with E-state index in [2.05, 4.69) is 143 Å². The Morgan fingerprint density at radius 1 is 0.375 bits per heavy atom. The fraction of sp³-hybridized carbons (Fsp3) is 0. The van der Waals surface area contributed by atoms with Gasteiger partial charge in [0.1, 0.15) is 5.58 Å². The van der Waals surface area contributed by atoms with Crippen molar-refractivity contribution in [1.29, 1.82) is 0 Å². The van der Waals surface area contributed by atoms with Crippen LogP contribution in [0.5, 0.6) is 0 Å². The summed E-state index contributed by atoms with van der Waals surface area (Å²) in [4.78, 5) is 15.1. The molecule has 0 aliphatic rings. The van der Waals surface area contributed by atoms with E-state index in [0.717, 1.165) is 61.0 Å². The van der Waals surface area contributed by atoms with Crippen LogP contribution >= 0.6 is 11.3 Å². The number of hydrogen-bond donors (Lipinski definition) is 0. The summed E-state index contributed by atoms with van der Waals surface area (Å²) in [6, 6.07) is 70.7. The molecule has 0 spiro atoms. The Bertz CT molecular complexity index is 4140. The summed E-state index contributed by atoms with van der Waals surface area (Å²) in [7, 11) is 0. The molecule has 0 atom stereocenters. The molecule has 5 aromatic heterocycles. The Morgan fingerprint density at radius 2 is 0.938 bits per heavy atom. The summed E-state index contributed by atoms with van der Waals surface area (Å²) < 4.78 is 14.5. The molecule has 0 saturated carbocycles. The third-order valence-electron chi connectivity index (χ3n) is 12.8. The first kappa shape index (κ1) is 35.2. The third-order valence-corrected chi connectivity index (χ3v) is 14.0.